The van der Waals surface area contributed by atoms with Crippen molar-refractivity contribution in [1.82, 2.24) is 0 Å². The molecular formula is C30H59NaO4. The monoisotopic (exact) mass is 506 g/mol. The average Bonchev–Trinajstić information content (AvgIpc) is 2.80. The van der Waals surface area contributed by atoms with E-state index in [2.05, 4.69) is 26.0 Å². The van der Waals surface area contributed by atoms with Crippen molar-refractivity contribution in [3.63, 3.8) is 0 Å². The molecule has 5 heteroatoms. The molecule has 0 atom stereocenters. The van der Waals surface area contributed by atoms with Crippen LogP contribution in [0.15, 0.2) is 12.2 Å². The number of unbranched alkanes of at least 4 members (excludes halogenated alkanes) is 19. The van der Waals surface area contributed by atoms with Crippen molar-refractivity contribution < 1.29 is 19.8 Å². The van der Waals surface area contributed by atoms with Crippen molar-refractivity contribution in [2.45, 2.75) is 168 Å². The van der Waals surface area contributed by atoms with Gasteiger partial charge >= 0.3 is 41.5 Å². The summed E-state index contributed by atoms with van der Waals surface area (Å²) in [5.41, 5.74) is 0. The molecule has 0 radical (unpaired) electrons. The number of carboxylic acids is 2. The summed E-state index contributed by atoms with van der Waals surface area (Å²) in [4.78, 5) is 20.5. The van der Waals surface area contributed by atoms with Gasteiger partial charge in [0.1, 0.15) is 0 Å². The first-order valence-corrected chi connectivity index (χ1v) is 14.6. The van der Waals surface area contributed by atoms with Crippen LogP contribution in [0.1, 0.15) is 168 Å². The zero-order chi connectivity index (χ0) is 25.5. The van der Waals surface area contributed by atoms with Gasteiger partial charge in [-0.2, -0.15) is 0 Å². The van der Waals surface area contributed by atoms with Crippen molar-refractivity contribution in [3.8, 4) is 0 Å². The zero-order valence-electron chi connectivity index (χ0n) is 22.8. The molecule has 0 rings (SSSR count). The minimum atomic E-state index is -0.664. The number of rotatable bonds is 25. The molecule has 0 aliphatic carbocycles. The fourth-order valence-corrected chi connectivity index (χ4v) is 3.93. The predicted molar refractivity (Wildman–Crippen MR) is 154 cm³/mol. The molecule has 204 valence electrons. The van der Waals surface area contributed by atoms with Crippen LogP contribution in [-0.2, 0) is 9.59 Å². The van der Waals surface area contributed by atoms with Crippen molar-refractivity contribution in [3.05, 3.63) is 12.2 Å². The second-order valence-electron chi connectivity index (χ2n) is 9.70. The molecule has 0 aromatic carbocycles. The Labute approximate surface area is 240 Å². The van der Waals surface area contributed by atoms with E-state index >= 15 is 0 Å². The summed E-state index contributed by atoms with van der Waals surface area (Å²) in [5, 5.41) is 16.9. The summed E-state index contributed by atoms with van der Waals surface area (Å²) >= 11 is 0. The normalized spacial score (nSPS) is 10.6. The first-order valence-electron chi connectivity index (χ1n) is 14.6. The molecule has 0 spiro atoms. The third-order valence-electron chi connectivity index (χ3n) is 6.15. The van der Waals surface area contributed by atoms with Crippen molar-refractivity contribution in [2.24, 2.45) is 0 Å². The van der Waals surface area contributed by atoms with Crippen molar-refractivity contribution >= 4 is 41.5 Å². The standard InChI is InChI=1S/C18H34O2.C12H24O2.Na.H/c1-2-3-4-5-6-7-8-9-10-11-12-13-14-15-16-17-18(19)20;1-2-3-4-5-6-7-8-9-10-11-12(13)14;;/h9-10H,2-8,11-17H2,1H3,(H,19,20);2-11H2,1H3,(H,13,14);;/b10-9-;;;. The molecule has 0 amide bonds. The first-order chi connectivity index (χ1) is 16.5. The Morgan fingerprint density at radius 1 is 0.457 bits per heavy atom. The molecule has 0 saturated carbocycles. The molecule has 0 fully saturated rings. The van der Waals surface area contributed by atoms with Gasteiger partial charge in [-0.3, -0.25) is 9.59 Å². The van der Waals surface area contributed by atoms with E-state index in [1.54, 1.807) is 0 Å². The van der Waals surface area contributed by atoms with E-state index in [-0.39, 0.29) is 29.6 Å². The van der Waals surface area contributed by atoms with Crippen molar-refractivity contribution in [1.29, 1.82) is 0 Å². The summed E-state index contributed by atoms with van der Waals surface area (Å²) < 4.78 is 0. The van der Waals surface area contributed by atoms with Crippen LogP contribution in [0.4, 0.5) is 0 Å². The average molecular weight is 507 g/mol. The van der Waals surface area contributed by atoms with Crippen molar-refractivity contribution in [2.75, 3.05) is 0 Å². The summed E-state index contributed by atoms with van der Waals surface area (Å²) in [6.07, 6.45) is 32.7. The van der Waals surface area contributed by atoms with Gasteiger partial charge in [-0.15, -0.1) is 0 Å². The Kier molecular flexibility index (Phi) is 40.1. The molecule has 0 aliphatic heterocycles. The second kappa shape index (κ2) is 35.8. The molecule has 0 heterocycles. The van der Waals surface area contributed by atoms with Gasteiger partial charge in [-0.05, 0) is 38.5 Å². The number of carbonyl (C=O) groups is 2. The summed E-state index contributed by atoms with van der Waals surface area (Å²) in [7, 11) is 0. The Bertz CT molecular complexity index is 452. The Balaban J connectivity index is -0.000000603. The van der Waals surface area contributed by atoms with Gasteiger partial charge in [0.25, 0.3) is 0 Å². The molecule has 0 unspecified atom stereocenters. The van der Waals surface area contributed by atoms with Crippen LogP contribution in [0.3, 0.4) is 0 Å². The van der Waals surface area contributed by atoms with Gasteiger partial charge in [-0.1, -0.05) is 129 Å². The topological polar surface area (TPSA) is 74.6 Å². The van der Waals surface area contributed by atoms with Crippen LogP contribution in [0.5, 0.6) is 0 Å². The summed E-state index contributed by atoms with van der Waals surface area (Å²) in [6.45, 7) is 4.49. The molecule has 0 saturated heterocycles. The molecule has 35 heavy (non-hydrogen) atoms. The van der Waals surface area contributed by atoms with Gasteiger partial charge in [0.2, 0.25) is 0 Å². The van der Waals surface area contributed by atoms with Gasteiger partial charge in [0.15, 0.2) is 0 Å². The first kappa shape index (κ1) is 39.2. The van der Waals surface area contributed by atoms with E-state index in [9.17, 15) is 9.59 Å². The van der Waals surface area contributed by atoms with E-state index in [0.29, 0.717) is 12.8 Å². The van der Waals surface area contributed by atoms with E-state index in [1.807, 2.05) is 0 Å². The Morgan fingerprint density at radius 2 is 0.714 bits per heavy atom. The van der Waals surface area contributed by atoms with E-state index in [4.69, 9.17) is 10.2 Å². The van der Waals surface area contributed by atoms with E-state index in [1.165, 1.54) is 116 Å². The molecule has 0 bridgehead atoms. The fourth-order valence-electron chi connectivity index (χ4n) is 3.93. The quantitative estimate of drug-likeness (QED) is 0.0734. The molecule has 0 aliphatic rings. The second-order valence-corrected chi connectivity index (χ2v) is 9.70. The van der Waals surface area contributed by atoms with Gasteiger partial charge in [-0.25, -0.2) is 0 Å². The number of aliphatic carboxylic acids is 2. The molecule has 0 aromatic rings. The van der Waals surface area contributed by atoms with E-state index < -0.39 is 11.9 Å². The van der Waals surface area contributed by atoms with Crippen LogP contribution < -0.4 is 0 Å². The van der Waals surface area contributed by atoms with Crippen LogP contribution in [0.25, 0.3) is 0 Å². The number of allylic oxidation sites excluding steroid dienone is 2. The minimum absolute atomic E-state index is 0. The maximum atomic E-state index is 10.3. The number of hydrogen-bond acceptors (Lipinski definition) is 2. The third kappa shape index (κ3) is 44.1. The van der Waals surface area contributed by atoms with Crippen LogP contribution in [0.2, 0.25) is 0 Å². The molecule has 0 aromatic heterocycles. The van der Waals surface area contributed by atoms with E-state index in [0.717, 1.165) is 25.7 Å². The number of carboxylic acid groups (broad SMARTS) is 2. The van der Waals surface area contributed by atoms with Crippen LogP contribution in [0, 0.1) is 0 Å². The van der Waals surface area contributed by atoms with Gasteiger partial charge in [0.05, 0.1) is 0 Å². The molecular weight excluding hydrogens is 447 g/mol. The van der Waals surface area contributed by atoms with Gasteiger partial charge in [0, 0.05) is 12.8 Å². The predicted octanol–water partition coefficient (Wildman–Crippen LogP) is 9.45. The van der Waals surface area contributed by atoms with Crippen LogP contribution >= 0.6 is 0 Å². The third-order valence-corrected chi connectivity index (χ3v) is 6.15. The Morgan fingerprint density at radius 3 is 1.00 bits per heavy atom. The fraction of sp³-hybridized carbons (Fsp3) is 0.867. The molecule has 4 nitrogen and oxygen atoms in total. The SMILES string of the molecule is CCCCCCCC/C=C\CCCCCCCC(=O)O.CCCCCCCCCCCC(=O)O.[NaH]. The maximum absolute atomic E-state index is 10.3. The number of hydrogen-bond donors (Lipinski definition) is 2. The van der Waals surface area contributed by atoms with Crippen LogP contribution in [-0.4, -0.2) is 51.7 Å². The zero-order valence-corrected chi connectivity index (χ0v) is 22.8. The van der Waals surface area contributed by atoms with Gasteiger partial charge < -0.3 is 10.2 Å². The molecule has 2 N–H and O–H groups in total. The summed E-state index contributed by atoms with van der Waals surface area (Å²) in [6, 6.07) is 0. The Hall–Kier alpha value is -0.320. The summed E-state index contributed by atoms with van der Waals surface area (Å²) in [5.74, 6) is -1.32.